The molecule has 2 aromatic carbocycles. The van der Waals surface area contributed by atoms with Crippen LogP contribution >= 0.6 is 12.2 Å². The number of nitrogens with one attached hydrogen (secondary N) is 2. The number of oxazole rings is 1. The van der Waals surface area contributed by atoms with Gasteiger partial charge in [-0.25, -0.2) is 4.98 Å². The highest BCUT2D eigenvalue weighted by Crippen LogP contribution is 2.18. The van der Waals surface area contributed by atoms with E-state index >= 15 is 0 Å². The average Bonchev–Trinajstić information content (AvgIpc) is 3.04. The molecule has 3 aromatic rings. The molecule has 0 spiro atoms. The zero-order valence-electron chi connectivity index (χ0n) is 14.6. The maximum Gasteiger partial charge on any atom is 0.226 e. The Morgan fingerprint density at radius 2 is 1.92 bits per heavy atom. The van der Waals surface area contributed by atoms with Gasteiger partial charge in [0.05, 0.1) is 0 Å². The number of para-hydroxylation sites is 2. The summed E-state index contributed by atoms with van der Waals surface area (Å²) in [4.78, 5) is 16.2. The summed E-state index contributed by atoms with van der Waals surface area (Å²) >= 11 is 5.17. The van der Waals surface area contributed by atoms with Crippen molar-refractivity contribution >= 4 is 40.0 Å². The number of anilines is 1. The summed E-state index contributed by atoms with van der Waals surface area (Å²) in [6.07, 6.45) is 2.95. The van der Waals surface area contributed by atoms with E-state index < -0.39 is 0 Å². The van der Waals surface area contributed by atoms with Crippen molar-refractivity contribution in [3.05, 3.63) is 60.0 Å². The molecule has 3 rings (SSSR count). The number of rotatable bonds is 6. The number of benzene rings is 2. The molecule has 0 aliphatic rings. The van der Waals surface area contributed by atoms with Gasteiger partial charge in [0.1, 0.15) is 5.52 Å². The van der Waals surface area contributed by atoms with E-state index in [2.05, 4.69) is 15.6 Å². The van der Waals surface area contributed by atoms with Gasteiger partial charge in [-0.3, -0.25) is 4.79 Å². The van der Waals surface area contributed by atoms with E-state index in [0.29, 0.717) is 23.8 Å². The van der Waals surface area contributed by atoms with Crippen LogP contribution in [-0.4, -0.2) is 16.0 Å². The standard InChI is InChI=1S/C20H21N3O2S/c1-2-3-8-18(24)23-20(26)21-15-11-9-14(10-12-15)13-19-22-16-6-4-5-7-17(16)25-19/h4-7,9-12H,2-3,8,13H2,1H3,(H2,21,23,24,26). The molecule has 0 radical (unpaired) electrons. The zero-order valence-corrected chi connectivity index (χ0v) is 15.4. The maximum atomic E-state index is 11.7. The normalized spacial score (nSPS) is 10.7. The molecular weight excluding hydrogens is 346 g/mol. The molecule has 0 atom stereocenters. The first kappa shape index (κ1) is 18.1. The number of hydrogen-bond acceptors (Lipinski definition) is 4. The van der Waals surface area contributed by atoms with Gasteiger partial charge in [0.25, 0.3) is 0 Å². The molecule has 2 N–H and O–H groups in total. The lowest BCUT2D eigenvalue weighted by atomic mass is 10.1. The Kier molecular flexibility index (Phi) is 5.96. The van der Waals surface area contributed by atoms with Crippen molar-refractivity contribution < 1.29 is 9.21 Å². The first-order chi connectivity index (χ1) is 12.6. The summed E-state index contributed by atoms with van der Waals surface area (Å²) in [6.45, 7) is 2.05. The molecule has 0 fully saturated rings. The fraction of sp³-hybridized carbons (Fsp3) is 0.250. The third-order valence-corrected chi connectivity index (χ3v) is 4.12. The molecule has 0 saturated carbocycles. The molecule has 0 aliphatic carbocycles. The first-order valence-corrected chi connectivity index (χ1v) is 9.09. The third-order valence-electron chi connectivity index (χ3n) is 3.92. The Bertz CT molecular complexity index is 870. The highest BCUT2D eigenvalue weighted by atomic mass is 32.1. The van der Waals surface area contributed by atoms with Gasteiger partial charge < -0.3 is 15.1 Å². The minimum Gasteiger partial charge on any atom is -0.440 e. The van der Waals surface area contributed by atoms with Crippen molar-refractivity contribution in [1.82, 2.24) is 10.3 Å². The van der Waals surface area contributed by atoms with Crippen molar-refractivity contribution in [2.45, 2.75) is 32.6 Å². The van der Waals surface area contributed by atoms with Crippen molar-refractivity contribution in [3.63, 3.8) is 0 Å². The van der Waals surface area contributed by atoms with Gasteiger partial charge in [0.15, 0.2) is 16.6 Å². The van der Waals surface area contributed by atoms with E-state index in [1.165, 1.54) is 0 Å². The highest BCUT2D eigenvalue weighted by molar-refractivity contribution is 7.80. The van der Waals surface area contributed by atoms with Crippen LogP contribution in [0.4, 0.5) is 5.69 Å². The molecule has 0 aliphatic heterocycles. The zero-order chi connectivity index (χ0) is 18.4. The quantitative estimate of drug-likeness (QED) is 0.631. The predicted octanol–water partition coefficient (Wildman–Crippen LogP) is 4.42. The minimum atomic E-state index is -0.0584. The number of aromatic nitrogens is 1. The van der Waals surface area contributed by atoms with Crippen LogP contribution in [0.15, 0.2) is 52.9 Å². The molecule has 1 amide bonds. The third kappa shape index (κ3) is 4.89. The summed E-state index contributed by atoms with van der Waals surface area (Å²) in [5, 5.41) is 6.03. The highest BCUT2D eigenvalue weighted by Gasteiger charge is 2.07. The Morgan fingerprint density at radius 1 is 1.15 bits per heavy atom. The van der Waals surface area contributed by atoms with E-state index in [-0.39, 0.29) is 5.91 Å². The number of carbonyl (C=O) groups is 1. The van der Waals surface area contributed by atoms with E-state index in [1.807, 2.05) is 55.5 Å². The molecule has 26 heavy (non-hydrogen) atoms. The topological polar surface area (TPSA) is 67.2 Å². The fourth-order valence-electron chi connectivity index (χ4n) is 2.56. The van der Waals surface area contributed by atoms with Crippen molar-refractivity contribution in [1.29, 1.82) is 0 Å². The molecule has 1 heterocycles. The van der Waals surface area contributed by atoms with Gasteiger partial charge >= 0.3 is 0 Å². The Hall–Kier alpha value is -2.73. The molecule has 6 heteroatoms. The molecule has 0 unspecified atom stereocenters. The number of unbranched alkanes of at least 4 members (excludes halogenated alkanes) is 1. The van der Waals surface area contributed by atoms with Crippen LogP contribution in [0.1, 0.15) is 37.6 Å². The van der Waals surface area contributed by atoms with Gasteiger partial charge in [-0.1, -0.05) is 37.6 Å². The number of nitrogens with zero attached hydrogens (tertiary/aromatic N) is 1. The molecule has 5 nitrogen and oxygen atoms in total. The monoisotopic (exact) mass is 367 g/mol. The van der Waals surface area contributed by atoms with E-state index in [9.17, 15) is 4.79 Å². The van der Waals surface area contributed by atoms with Crippen molar-refractivity contribution in [2.75, 3.05) is 5.32 Å². The van der Waals surface area contributed by atoms with Crippen LogP contribution in [0, 0.1) is 0 Å². The van der Waals surface area contributed by atoms with Gasteiger partial charge in [-0.05, 0) is 48.5 Å². The van der Waals surface area contributed by atoms with Gasteiger partial charge in [-0.2, -0.15) is 0 Å². The predicted molar refractivity (Wildman–Crippen MR) is 107 cm³/mol. The summed E-state index contributed by atoms with van der Waals surface area (Å²) in [6, 6.07) is 15.5. The maximum absolute atomic E-state index is 11.7. The van der Waals surface area contributed by atoms with Crippen molar-refractivity contribution in [2.24, 2.45) is 0 Å². The summed E-state index contributed by atoms with van der Waals surface area (Å²) in [7, 11) is 0. The van der Waals surface area contributed by atoms with Crippen LogP contribution < -0.4 is 10.6 Å². The number of carbonyl (C=O) groups excluding carboxylic acids is 1. The second-order valence-electron chi connectivity index (χ2n) is 6.05. The second kappa shape index (κ2) is 8.58. The smallest absolute Gasteiger partial charge is 0.226 e. The minimum absolute atomic E-state index is 0.0584. The molecule has 1 aromatic heterocycles. The average molecular weight is 367 g/mol. The molecule has 0 bridgehead atoms. The summed E-state index contributed by atoms with van der Waals surface area (Å²) < 4.78 is 5.75. The van der Waals surface area contributed by atoms with Crippen LogP contribution in [0.5, 0.6) is 0 Å². The molecule has 0 saturated heterocycles. The van der Waals surface area contributed by atoms with Gasteiger partial charge in [-0.15, -0.1) is 0 Å². The lowest BCUT2D eigenvalue weighted by Crippen LogP contribution is -2.33. The molecule has 134 valence electrons. The van der Waals surface area contributed by atoms with Gasteiger partial charge in [0, 0.05) is 18.5 Å². The Morgan fingerprint density at radius 3 is 2.65 bits per heavy atom. The Labute approximate surface area is 157 Å². The number of hydrogen-bond donors (Lipinski definition) is 2. The SMILES string of the molecule is CCCCC(=O)NC(=S)Nc1ccc(Cc2nc3ccccc3o2)cc1. The molecular formula is C20H21N3O2S. The van der Waals surface area contributed by atoms with Gasteiger partial charge in [0.2, 0.25) is 5.91 Å². The van der Waals surface area contributed by atoms with Crippen molar-refractivity contribution in [3.8, 4) is 0 Å². The van der Waals surface area contributed by atoms with E-state index in [4.69, 9.17) is 16.6 Å². The van der Waals surface area contributed by atoms with E-state index in [0.717, 1.165) is 35.2 Å². The number of thiocarbonyl (C=S) groups is 1. The van der Waals surface area contributed by atoms with Crippen LogP contribution in [0.2, 0.25) is 0 Å². The van der Waals surface area contributed by atoms with Crippen LogP contribution in [-0.2, 0) is 11.2 Å². The lowest BCUT2D eigenvalue weighted by molar-refractivity contribution is -0.119. The lowest BCUT2D eigenvalue weighted by Gasteiger charge is -2.09. The Balaban J connectivity index is 1.56. The summed E-state index contributed by atoms with van der Waals surface area (Å²) in [5.74, 6) is 0.627. The number of amides is 1. The fourth-order valence-corrected chi connectivity index (χ4v) is 2.80. The first-order valence-electron chi connectivity index (χ1n) is 8.68. The largest absolute Gasteiger partial charge is 0.440 e. The summed E-state index contributed by atoms with van der Waals surface area (Å²) in [5.41, 5.74) is 3.57. The van der Waals surface area contributed by atoms with Crippen LogP contribution in [0.25, 0.3) is 11.1 Å². The second-order valence-corrected chi connectivity index (χ2v) is 6.46. The number of fused-ring (bicyclic) bond motifs is 1. The van der Waals surface area contributed by atoms with E-state index in [1.54, 1.807) is 0 Å². The van der Waals surface area contributed by atoms with Crippen LogP contribution in [0.3, 0.4) is 0 Å².